The second kappa shape index (κ2) is 5.99. The van der Waals surface area contributed by atoms with Crippen LogP contribution in [0.25, 0.3) is 0 Å². The number of nitrogens with two attached hydrogens (primary N) is 2. The van der Waals surface area contributed by atoms with Gasteiger partial charge in [0.25, 0.3) is 0 Å². The molecule has 0 aliphatic heterocycles. The molecule has 3 rings (SSSR count). The maximum Gasteiger partial charge on any atom is 0.0632 e. The minimum Gasteiger partial charge on any atom is -0.397 e. The predicted molar refractivity (Wildman–Crippen MR) is 94.0 cm³/mol. The van der Waals surface area contributed by atoms with Crippen molar-refractivity contribution in [1.29, 1.82) is 0 Å². The van der Waals surface area contributed by atoms with Crippen molar-refractivity contribution in [3.05, 3.63) is 78.9 Å². The summed E-state index contributed by atoms with van der Waals surface area (Å²) in [6.45, 7) is 0. The molecule has 0 atom stereocenters. The summed E-state index contributed by atoms with van der Waals surface area (Å²) in [6.07, 6.45) is 0. The highest BCUT2D eigenvalue weighted by Gasteiger charge is 2.19. The van der Waals surface area contributed by atoms with E-state index in [0.29, 0.717) is 11.4 Å². The zero-order chi connectivity index (χ0) is 14.7. The first kappa shape index (κ1) is 13.7. The molecule has 3 heteroatoms. The van der Waals surface area contributed by atoms with Gasteiger partial charge in [-0.25, -0.2) is 0 Å². The van der Waals surface area contributed by atoms with E-state index in [0.717, 1.165) is 5.30 Å². The van der Waals surface area contributed by atoms with E-state index in [-0.39, 0.29) is 0 Å². The van der Waals surface area contributed by atoms with Crippen LogP contribution in [-0.4, -0.2) is 0 Å². The van der Waals surface area contributed by atoms with E-state index in [4.69, 9.17) is 11.5 Å². The predicted octanol–water partition coefficient (Wildman–Crippen LogP) is 2.61. The Hall–Kier alpha value is -2.31. The number of hydrogen-bond acceptors (Lipinski definition) is 2. The van der Waals surface area contributed by atoms with Gasteiger partial charge in [-0.2, -0.15) is 0 Å². The molecule has 3 aromatic carbocycles. The lowest BCUT2D eigenvalue weighted by atomic mass is 10.3. The smallest absolute Gasteiger partial charge is 0.0632 e. The van der Waals surface area contributed by atoms with Gasteiger partial charge in [0.05, 0.1) is 11.4 Å². The molecule has 0 aromatic heterocycles. The van der Waals surface area contributed by atoms with Crippen molar-refractivity contribution in [3.8, 4) is 0 Å². The maximum absolute atomic E-state index is 6.25. The normalized spacial score (nSPS) is 10.7. The Kier molecular flexibility index (Phi) is 3.89. The highest BCUT2D eigenvalue weighted by molar-refractivity contribution is 7.80. The lowest BCUT2D eigenvalue weighted by Crippen LogP contribution is -2.23. The molecule has 0 radical (unpaired) electrons. The zero-order valence-corrected chi connectivity index (χ0v) is 12.5. The molecule has 0 aliphatic carbocycles. The van der Waals surface area contributed by atoms with Crippen molar-refractivity contribution in [2.75, 3.05) is 11.5 Å². The summed E-state index contributed by atoms with van der Waals surface area (Å²) < 4.78 is 0. The quantitative estimate of drug-likeness (QED) is 0.576. The van der Waals surface area contributed by atoms with Crippen LogP contribution in [0.5, 0.6) is 0 Å². The van der Waals surface area contributed by atoms with Gasteiger partial charge in [0.2, 0.25) is 0 Å². The van der Waals surface area contributed by atoms with Crippen molar-refractivity contribution in [1.82, 2.24) is 0 Å². The van der Waals surface area contributed by atoms with Gasteiger partial charge >= 0.3 is 0 Å². The molecule has 4 N–H and O–H groups in total. The molecule has 0 aliphatic rings. The van der Waals surface area contributed by atoms with E-state index in [1.165, 1.54) is 10.6 Å². The van der Waals surface area contributed by atoms with E-state index in [1.54, 1.807) is 0 Å². The number of nitrogen functional groups attached to an aromatic ring is 2. The summed E-state index contributed by atoms with van der Waals surface area (Å²) in [7, 11) is -0.688. The summed E-state index contributed by atoms with van der Waals surface area (Å²) in [6, 6.07) is 26.8. The Balaban J connectivity index is 2.20. The minimum absolute atomic E-state index is 0.645. The van der Waals surface area contributed by atoms with Crippen LogP contribution in [0.1, 0.15) is 0 Å². The lowest BCUT2D eigenvalue weighted by molar-refractivity contribution is 1.70. The van der Waals surface area contributed by atoms with Gasteiger partial charge in [-0.05, 0) is 24.6 Å². The van der Waals surface area contributed by atoms with Crippen molar-refractivity contribution >= 4 is 35.2 Å². The molecule has 21 heavy (non-hydrogen) atoms. The average Bonchev–Trinajstić information content (AvgIpc) is 2.54. The van der Waals surface area contributed by atoms with E-state index in [9.17, 15) is 0 Å². The van der Waals surface area contributed by atoms with Crippen LogP contribution in [0.2, 0.25) is 0 Å². The van der Waals surface area contributed by atoms with Crippen LogP contribution in [0.3, 0.4) is 0 Å². The number of benzene rings is 3. The molecule has 0 saturated carbocycles. The molecule has 0 fully saturated rings. The van der Waals surface area contributed by atoms with Gasteiger partial charge in [0.1, 0.15) is 0 Å². The first-order chi connectivity index (χ1) is 10.3. The molecule has 0 heterocycles. The fraction of sp³-hybridized carbons (Fsp3) is 0. The molecular formula is C18H17N2P. The molecule has 104 valence electrons. The number of anilines is 2. The lowest BCUT2D eigenvalue weighted by Gasteiger charge is -2.21. The van der Waals surface area contributed by atoms with Crippen LogP contribution < -0.4 is 27.4 Å². The Morgan fingerprint density at radius 2 is 1.10 bits per heavy atom. The highest BCUT2D eigenvalue weighted by Crippen LogP contribution is 2.36. The summed E-state index contributed by atoms with van der Waals surface area (Å²) in [5.74, 6) is 0. The second-order valence-electron chi connectivity index (χ2n) is 4.79. The Labute approximate surface area is 126 Å². The molecule has 0 spiro atoms. The van der Waals surface area contributed by atoms with Crippen molar-refractivity contribution in [3.63, 3.8) is 0 Å². The fourth-order valence-corrected chi connectivity index (χ4v) is 4.75. The van der Waals surface area contributed by atoms with Gasteiger partial charge in [0.15, 0.2) is 0 Å². The van der Waals surface area contributed by atoms with Gasteiger partial charge in [0, 0.05) is 5.30 Å². The molecule has 2 nitrogen and oxygen atoms in total. The minimum atomic E-state index is -0.688. The third kappa shape index (κ3) is 2.76. The first-order valence-electron chi connectivity index (χ1n) is 6.81. The monoisotopic (exact) mass is 292 g/mol. The largest absolute Gasteiger partial charge is 0.397 e. The topological polar surface area (TPSA) is 52.0 Å². The standard InChI is InChI=1S/C18H17N2P/c19-16-12-7-13-17(18(16)20)21(14-8-3-1-4-9-14)15-10-5-2-6-11-15/h1-13H,19-20H2. The number of rotatable bonds is 3. The Morgan fingerprint density at radius 1 is 0.571 bits per heavy atom. The van der Waals surface area contributed by atoms with Gasteiger partial charge in [-0.15, -0.1) is 0 Å². The van der Waals surface area contributed by atoms with E-state index >= 15 is 0 Å². The zero-order valence-electron chi connectivity index (χ0n) is 11.6. The first-order valence-corrected chi connectivity index (χ1v) is 8.16. The second-order valence-corrected chi connectivity index (χ2v) is 6.97. The fourth-order valence-electron chi connectivity index (χ4n) is 2.35. The number of para-hydroxylation sites is 1. The van der Waals surface area contributed by atoms with E-state index in [2.05, 4.69) is 54.6 Å². The van der Waals surface area contributed by atoms with E-state index < -0.39 is 7.92 Å². The SMILES string of the molecule is Nc1cccc(P(c2ccccc2)c2ccccc2)c1N. The molecule has 0 unspecified atom stereocenters. The molecular weight excluding hydrogens is 275 g/mol. The van der Waals surface area contributed by atoms with Crippen LogP contribution >= 0.6 is 7.92 Å². The van der Waals surface area contributed by atoms with Crippen LogP contribution in [-0.2, 0) is 0 Å². The maximum atomic E-state index is 6.25. The van der Waals surface area contributed by atoms with Gasteiger partial charge in [-0.3, -0.25) is 0 Å². The molecule has 3 aromatic rings. The summed E-state index contributed by atoms with van der Waals surface area (Å²) >= 11 is 0. The average molecular weight is 292 g/mol. The molecule has 0 amide bonds. The molecule has 0 bridgehead atoms. The van der Waals surface area contributed by atoms with Gasteiger partial charge in [-0.1, -0.05) is 72.8 Å². The summed E-state index contributed by atoms with van der Waals surface area (Å²) in [5, 5.41) is 3.66. The van der Waals surface area contributed by atoms with Crippen LogP contribution in [0, 0.1) is 0 Å². The molecule has 0 saturated heterocycles. The summed E-state index contributed by atoms with van der Waals surface area (Å²) in [5.41, 5.74) is 13.6. The number of hydrogen-bond donors (Lipinski definition) is 2. The third-order valence-electron chi connectivity index (χ3n) is 3.39. The van der Waals surface area contributed by atoms with Crippen molar-refractivity contribution in [2.24, 2.45) is 0 Å². The third-order valence-corrected chi connectivity index (χ3v) is 5.89. The van der Waals surface area contributed by atoms with Crippen LogP contribution in [0.4, 0.5) is 11.4 Å². The Bertz CT molecular complexity index is 687. The Morgan fingerprint density at radius 3 is 1.62 bits per heavy atom. The van der Waals surface area contributed by atoms with Gasteiger partial charge < -0.3 is 11.5 Å². The highest BCUT2D eigenvalue weighted by atomic mass is 31.1. The van der Waals surface area contributed by atoms with Crippen molar-refractivity contribution in [2.45, 2.75) is 0 Å². The van der Waals surface area contributed by atoms with Crippen molar-refractivity contribution < 1.29 is 0 Å². The van der Waals surface area contributed by atoms with E-state index in [1.807, 2.05) is 24.3 Å². The van der Waals surface area contributed by atoms with Crippen LogP contribution in [0.15, 0.2) is 78.9 Å². The summed E-state index contributed by atoms with van der Waals surface area (Å²) in [4.78, 5) is 0.